The summed E-state index contributed by atoms with van der Waals surface area (Å²) < 4.78 is 25.6. The molecule has 0 spiro atoms. The molecule has 1 saturated carbocycles. The van der Waals surface area contributed by atoms with Gasteiger partial charge in [-0.05, 0) is 44.1 Å². The van der Waals surface area contributed by atoms with E-state index in [0.717, 1.165) is 25.7 Å². The number of sulfonamides is 1. The van der Waals surface area contributed by atoms with Crippen LogP contribution in [0.5, 0.6) is 0 Å². The van der Waals surface area contributed by atoms with Crippen LogP contribution in [0.3, 0.4) is 0 Å². The molecule has 1 N–H and O–H groups in total. The predicted octanol–water partition coefficient (Wildman–Crippen LogP) is 2.14. The summed E-state index contributed by atoms with van der Waals surface area (Å²) in [6.45, 7) is 6.72. The second-order valence-electron chi connectivity index (χ2n) is 5.59. The molecule has 0 unspecified atom stereocenters. The van der Waals surface area contributed by atoms with Gasteiger partial charge in [0.05, 0.1) is 5.25 Å². The fourth-order valence-electron chi connectivity index (χ4n) is 2.41. The van der Waals surface area contributed by atoms with E-state index >= 15 is 0 Å². The highest BCUT2D eigenvalue weighted by molar-refractivity contribution is 7.90. The number of hydrogen-bond acceptors (Lipinski definition) is 2. The molecule has 1 fully saturated rings. The van der Waals surface area contributed by atoms with Gasteiger partial charge in [0.25, 0.3) is 0 Å². The Balaban J connectivity index is 2.57. The molecule has 0 heterocycles. The third-order valence-corrected chi connectivity index (χ3v) is 5.54. The lowest BCUT2D eigenvalue weighted by molar-refractivity contribution is 0.180. The van der Waals surface area contributed by atoms with Crippen molar-refractivity contribution >= 4 is 10.0 Å². The molecule has 1 aliphatic rings. The lowest BCUT2D eigenvalue weighted by Gasteiger charge is -2.36. The minimum Gasteiger partial charge on any atom is -0.218 e. The Labute approximate surface area is 93.7 Å². The molecule has 3 nitrogen and oxygen atoms in total. The standard InChI is InChI=1S/C11H23NO2S/c1-11(2,3)9-5-7-10(8-6-9)15(13,14)12-4/h9-10,12H,5-8H2,1-4H3. The molecule has 4 heteroatoms. The van der Waals surface area contributed by atoms with Gasteiger partial charge in [0.1, 0.15) is 0 Å². The summed E-state index contributed by atoms with van der Waals surface area (Å²) >= 11 is 0. The van der Waals surface area contributed by atoms with E-state index in [1.165, 1.54) is 7.05 Å². The van der Waals surface area contributed by atoms with Crippen LogP contribution in [-0.4, -0.2) is 20.7 Å². The van der Waals surface area contributed by atoms with Gasteiger partial charge in [-0.15, -0.1) is 0 Å². The van der Waals surface area contributed by atoms with Crippen molar-refractivity contribution in [3.8, 4) is 0 Å². The largest absolute Gasteiger partial charge is 0.218 e. The van der Waals surface area contributed by atoms with Gasteiger partial charge >= 0.3 is 0 Å². The molecule has 0 saturated heterocycles. The molecule has 15 heavy (non-hydrogen) atoms. The minimum atomic E-state index is -3.04. The van der Waals surface area contributed by atoms with Crippen LogP contribution < -0.4 is 4.72 Å². The fraction of sp³-hybridized carbons (Fsp3) is 1.00. The van der Waals surface area contributed by atoms with E-state index < -0.39 is 10.0 Å². The Kier molecular flexibility index (Phi) is 3.82. The van der Waals surface area contributed by atoms with E-state index in [2.05, 4.69) is 25.5 Å². The zero-order valence-corrected chi connectivity index (χ0v) is 11.0. The van der Waals surface area contributed by atoms with E-state index in [0.29, 0.717) is 11.3 Å². The minimum absolute atomic E-state index is 0.166. The lowest BCUT2D eigenvalue weighted by Crippen LogP contribution is -2.37. The van der Waals surface area contributed by atoms with Crippen LogP contribution in [0.25, 0.3) is 0 Å². The van der Waals surface area contributed by atoms with E-state index in [1.807, 2.05) is 0 Å². The van der Waals surface area contributed by atoms with Crippen molar-refractivity contribution in [1.82, 2.24) is 4.72 Å². The molecule has 0 radical (unpaired) electrons. The van der Waals surface area contributed by atoms with Crippen molar-refractivity contribution in [2.75, 3.05) is 7.05 Å². The van der Waals surface area contributed by atoms with Gasteiger partial charge in [0.15, 0.2) is 0 Å². The molecule has 0 amide bonds. The average molecular weight is 233 g/mol. The van der Waals surface area contributed by atoms with Gasteiger partial charge in [-0.1, -0.05) is 20.8 Å². The quantitative estimate of drug-likeness (QED) is 0.794. The Morgan fingerprint density at radius 1 is 1.07 bits per heavy atom. The molecular formula is C11H23NO2S. The highest BCUT2D eigenvalue weighted by atomic mass is 32.2. The van der Waals surface area contributed by atoms with Gasteiger partial charge in [-0.2, -0.15) is 0 Å². The van der Waals surface area contributed by atoms with E-state index in [1.54, 1.807) is 0 Å². The maximum atomic E-state index is 11.6. The van der Waals surface area contributed by atoms with Crippen LogP contribution in [-0.2, 0) is 10.0 Å². The zero-order valence-electron chi connectivity index (χ0n) is 10.2. The Morgan fingerprint density at radius 3 is 1.87 bits per heavy atom. The maximum absolute atomic E-state index is 11.6. The van der Waals surface area contributed by atoms with Crippen LogP contribution in [0.1, 0.15) is 46.5 Å². The van der Waals surface area contributed by atoms with Crippen molar-refractivity contribution in [2.24, 2.45) is 11.3 Å². The van der Waals surface area contributed by atoms with Crippen LogP contribution in [0.15, 0.2) is 0 Å². The number of rotatable bonds is 2. The van der Waals surface area contributed by atoms with E-state index in [-0.39, 0.29) is 5.25 Å². The summed E-state index contributed by atoms with van der Waals surface area (Å²) in [6.07, 6.45) is 3.69. The number of nitrogens with one attached hydrogen (secondary N) is 1. The van der Waals surface area contributed by atoms with Gasteiger partial charge in [-0.3, -0.25) is 0 Å². The van der Waals surface area contributed by atoms with Crippen molar-refractivity contribution < 1.29 is 8.42 Å². The van der Waals surface area contributed by atoms with Crippen molar-refractivity contribution in [3.63, 3.8) is 0 Å². The summed E-state index contributed by atoms with van der Waals surface area (Å²) in [5.74, 6) is 0.667. The van der Waals surface area contributed by atoms with Crippen LogP contribution >= 0.6 is 0 Å². The van der Waals surface area contributed by atoms with Crippen LogP contribution in [0, 0.1) is 11.3 Å². The average Bonchev–Trinajstić information content (AvgIpc) is 2.17. The first-order chi connectivity index (χ1) is 6.77. The molecule has 1 aliphatic carbocycles. The summed E-state index contributed by atoms with van der Waals surface area (Å²) in [5, 5.41) is -0.166. The topological polar surface area (TPSA) is 46.2 Å². The molecule has 90 valence electrons. The van der Waals surface area contributed by atoms with E-state index in [4.69, 9.17) is 0 Å². The monoisotopic (exact) mass is 233 g/mol. The third kappa shape index (κ3) is 3.18. The normalized spacial score (nSPS) is 29.1. The second-order valence-corrected chi connectivity index (χ2v) is 7.75. The Morgan fingerprint density at radius 2 is 1.53 bits per heavy atom. The molecule has 0 bridgehead atoms. The lowest BCUT2D eigenvalue weighted by atomic mass is 9.72. The van der Waals surface area contributed by atoms with Crippen molar-refractivity contribution in [2.45, 2.75) is 51.7 Å². The second kappa shape index (κ2) is 4.42. The summed E-state index contributed by atoms with van der Waals surface area (Å²) in [4.78, 5) is 0. The smallest absolute Gasteiger partial charge is 0.214 e. The van der Waals surface area contributed by atoms with Crippen molar-refractivity contribution in [1.29, 1.82) is 0 Å². The van der Waals surface area contributed by atoms with Crippen LogP contribution in [0.4, 0.5) is 0 Å². The first-order valence-electron chi connectivity index (χ1n) is 5.69. The summed E-state index contributed by atoms with van der Waals surface area (Å²) in [7, 11) is -1.54. The summed E-state index contributed by atoms with van der Waals surface area (Å²) in [6, 6.07) is 0. The van der Waals surface area contributed by atoms with Crippen molar-refractivity contribution in [3.05, 3.63) is 0 Å². The molecule has 0 aromatic rings. The molecule has 0 atom stereocenters. The molecular weight excluding hydrogens is 210 g/mol. The molecule has 0 aromatic heterocycles. The SMILES string of the molecule is CNS(=O)(=O)C1CCC(C(C)(C)C)CC1. The summed E-state index contributed by atoms with van der Waals surface area (Å²) in [5.41, 5.74) is 0.314. The van der Waals surface area contributed by atoms with Gasteiger partial charge < -0.3 is 0 Å². The molecule has 0 aliphatic heterocycles. The fourth-order valence-corrected chi connectivity index (χ4v) is 3.63. The predicted molar refractivity (Wildman–Crippen MR) is 63.2 cm³/mol. The first-order valence-corrected chi connectivity index (χ1v) is 7.24. The molecule has 1 rings (SSSR count). The van der Waals surface area contributed by atoms with Crippen LogP contribution in [0.2, 0.25) is 0 Å². The third-order valence-electron chi connectivity index (χ3n) is 3.62. The first kappa shape index (κ1) is 13.0. The Hall–Kier alpha value is -0.0900. The van der Waals surface area contributed by atoms with Gasteiger partial charge in [0.2, 0.25) is 10.0 Å². The Bertz CT molecular complexity index is 295. The highest BCUT2D eigenvalue weighted by Gasteiger charge is 2.34. The van der Waals surface area contributed by atoms with E-state index in [9.17, 15) is 8.42 Å². The number of hydrogen-bond donors (Lipinski definition) is 1. The van der Waals surface area contributed by atoms with Gasteiger partial charge in [-0.25, -0.2) is 13.1 Å². The highest BCUT2D eigenvalue weighted by Crippen LogP contribution is 2.39. The molecule has 0 aromatic carbocycles. The zero-order chi connectivity index (χ0) is 11.7. The van der Waals surface area contributed by atoms with Gasteiger partial charge in [0, 0.05) is 0 Å². The maximum Gasteiger partial charge on any atom is 0.214 e.